The molecule has 25 heavy (non-hydrogen) atoms. The minimum absolute atomic E-state index is 0.0802. The Kier molecular flexibility index (Phi) is 4.97. The van der Waals surface area contributed by atoms with E-state index in [0.717, 1.165) is 40.4 Å². The molecule has 1 atom stereocenters. The van der Waals surface area contributed by atoms with Crippen molar-refractivity contribution in [3.63, 3.8) is 0 Å². The van der Waals surface area contributed by atoms with Crippen molar-refractivity contribution in [1.29, 1.82) is 0 Å². The van der Waals surface area contributed by atoms with Crippen molar-refractivity contribution >= 4 is 5.91 Å². The second kappa shape index (κ2) is 7.17. The highest BCUT2D eigenvalue weighted by Crippen LogP contribution is 2.35. The molecule has 6 nitrogen and oxygen atoms in total. The number of nitrogens with zero attached hydrogens (tertiary/aromatic N) is 2. The number of amides is 1. The Labute approximate surface area is 148 Å². The smallest absolute Gasteiger partial charge is 0.242 e. The van der Waals surface area contributed by atoms with Crippen LogP contribution in [0.25, 0.3) is 0 Å². The third-order valence-corrected chi connectivity index (χ3v) is 4.25. The van der Waals surface area contributed by atoms with Crippen molar-refractivity contribution < 1.29 is 14.3 Å². The van der Waals surface area contributed by atoms with E-state index < -0.39 is 0 Å². The molecule has 2 aromatic rings. The van der Waals surface area contributed by atoms with Gasteiger partial charge in [0.25, 0.3) is 0 Å². The van der Waals surface area contributed by atoms with Gasteiger partial charge in [-0.25, -0.2) is 0 Å². The number of benzene rings is 1. The van der Waals surface area contributed by atoms with Gasteiger partial charge in [0.2, 0.25) is 5.91 Å². The molecular formula is C19H25N3O3. The molecule has 0 radical (unpaired) electrons. The molecule has 1 aliphatic rings. The summed E-state index contributed by atoms with van der Waals surface area (Å²) in [6.45, 7) is 9.07. The van der Waals surface area contributed by atoms with Crippen LogP contribution in [0.1, 0.15) is 36.4 Å². The third kappa shape index (κ3) is 3.95. The molecule has 1 N–H and O–H groups in total. The van der Waals surface area contributed by atoms with E-state index in [1.54, 1.807) is 4.68 Å². The lowest BCUT2D eigenvalue weighted by Gasteiger charge is -2.13. The first kappa shape index (κ1) is 17.3. The summed E-state index contributed by atoms with van der Waals surface area (Å²) in [6, 6.07) is 5.97. The van der Waals surface area contributed by atoms with Gasteiger partial charge >= 0.3 is 0 Å². The number of hydrogen-bond acceptors (Lipinski definition) is 4. The van der Waals surface area contributed by atoms with E-state index in [0.29, 0.717) is 13.2 Å². The zero-order valence-electron chi connectivity index (χ0n) is 15.3. The van der Waals surface area contributed by atoms with Crippen LogP contribution in [0.5, 0.6) is 11.5 Å². The van der Waals surface area contributed by atoms with E-state index >= 15 is 0 Å². The molecule has 0 saturated heterocycles. The lowest BCUT2D eigenvalue weighted by atomic mass is 10.1. The average molecular weight is 343 g/mol. The van der Waals surface area contributed by atoms with E-state index in [4.69, 9.17) is 9.47 Å². The fourth-order valence-electron chi connectivity index (χ4n) is 3.13. The molecule has 1 aromatic carbocycles. The first-order valence-electron chi connectivity index (χ1n) is 8.69. The summed E-state index contributed by atoms with van der Waals surface area (Å²) in [7, 11) is 0. The predicted molar refractivity (Wildman–Crippen MR) is 95.0 cm³/mol. The lowest BCUT2D eigenvalue weighted by molar-refractivity contribution is -0.122. The van der Waals surface area contributed by atoms with Crippen molar-refractivity contribution in [2.45, 2.75) is 53.3 Å². The molecule has 0 unspecified atom stereocenters. The number of carbonyl (C=O) groups is 1. The van der Waals surface area contributed by atoms with Crippen LogP contribution in [-0.4, -0.2) is 28.4 Å². The molecule has 1 amide bonds. The SMILES string of the molecule is CCOc1cc2c(cc1CNC(=O)Cn1nc(C)cc1C)O[C@H](C)C2. The molecule has 1 aromatic heterocycles. The Morgan fingerprint density at radius 2 is 2.20 bits per heavy atom. The van der Waals surface area contributed by atoms with E-state index in [-0.39, 0.29) is 18.6 Å². The van der Waals surface area contributed by atoms with Crippen molar-refractivity contribution in [1.82, 2.24) is 15.1 Å². The maximum Gasteiger partial charge on any atom is 0.242 e. The zero-order valence-corrected chi connectivity index (χ0v) is 15.3. The van der Waals surface area contributed by atoms with Crippen LogP contribution in [0, 0.1) is 13.8 Å². The Morgan fingerprint density at radius 1 is 1.40 bits per heavy atom. The number of nitrogens with one attached hydrogen (secondary N) is 1. The first-order valence-corrected chi connectivity index (χ1v) is 8.69. The topological polar surface area (TPSA) is 65.4 Å². The number of hydrogen-bond donors (Lipinski definition) is 1. The van der Waals surface area contributed by atoms with Crippen LogP contribution in [-0.2, 0) is 24.3 Å². The van der Waals surface area contributed by atoms with Gasteiger partial charge < -0.3 is 14.8 Å². The van der Waals surface area contributed by atoms with Crippen molar-refractivity contribution in [3.05, 3.63) is 40.7 Å². The zero-order chi connectivity index (χ0) is 18.0. The first-order chi connectivity index (χ1) is 12.0. The third-order valence-electron chi connectivity index (χ3n) is 4.25. The molecule has 134 valence electrons. The normalized spacial score (nSPS) is 15.6. The van der Waals surface area contributed by atoms with Gasteiger partial charge in [-0.1, -0.05) is 0 Å². The molecule has 0 aliphatic carbocycles. The van der Waals surface area contributed by atoms with Gasteiger partial charge in [-0.3, -0.25) is 9.48 Å². The second-order valence-corrected chi connectivity index (χ2v) is 6.49. The molecule has 6 heteroatoms. The Bertz CT molecular complexity index is 782. The van der Waals surface area contributed by atoms with Crippen LogP contribution in [0.4, 0.5) is 0 Å². The summed E-state index contributed by atoms with van der Waals surface area (Å²) in [5.41, 5.74) is 3.97. The summed E-state index contributed by atoms with van der Waals surface area (Å²) >= 11 is 0. The monoisotopic (exact) mass is 343 g/mol. The minimum Gasteiger partial charge on any atom is -0.494 e. The van der Waals surface area contributed by atoms with Gasteiger partial charge in [-0.15, -0.1) is 0 Å². The summed E-state index contributed by atoms with van der Waals surface area (Å²) < 4.78 is 13.3. The fourth-order valence-corrected chi connectivity index (χ4v) is 3.13. The van der Waals surface area contributed by atoms with Gasteiger partial charge in [0, 0.05) is 29.8 Å². The summed E-state index contributed by atoms with van der Waals surface area (Å²) in [6.07, 6.45) is 1.07. The van der Waals surface area contributed by atoms with E-state index in [2.05, 4.69) is 17.3 Å². The molecule has 0 fully saturated rings. The largest absolute Gasteiger partial charge is 0.494 e. The lowest BCUT2D eigenvalue weighted by Crippen LogP contribution is -2.28. The molecule has 3 rings (SSSR count). The number of fused-ring (bicyclic) bond motifs is 1. The number of aromatic nitrogens is 2. The van der Waals surface area contributed by atoms with Crippen LogP contribution in [0.2, 0.25) is 0 Å². The highest BCUT2D eigenvalue weighted by atomic mass is 16.5. The Balaban J connectivity index is 1.68. The van der Waals surface area contributed by atoms with Gasteiger partial charge in [-0.05, 0) is 45.9 Å². The molecule has 0 saturated carbocycles. The number of aryl methyl sites for hydroxylation is 2. The van der Waals surface area contributed by atoms with Crippen LogP contribution in [0.3, 0.4) is 0 Å². The van der Waals surface area contributed by atoms with Gasteiger partial charge in [0.05, 0.1) is 12.3 Å². The number of rotatable bonds is 6. The maximum atomic E-state index is 12.3. The van der Waals surface area contributed by atoms with E-state index in [1.807, 2.05) is 39.0 Å². The van der Waals surface area contributed by atoms with Crippen molar-refractivity contribution in [2.24, 2.45) is 0 Å². The van der Waals surface area contributed by atoms with Gasteiger partial charge in [0.15, 0.2) is 0 Å². The maximum absolute atomic E-state index is 12.3. The van der Waals surface area contributed by atoms with Gasteiger partial charge in [0.1, 0.15) is 24.1 Å². The van der Waals surface area contributed by atoms with Gasteiger partial charge in [-0.2, -0.15) is 5.10 Å². The molecule has 2 heterocycles. The fraction of sp³-hybridized carbons (Fsp3) is 0.474. The quantitative estimate of drug-likeness (QED) is 0.875. The molecule has 1 aliphatic heterocycles. The molecular weight excluding hydrogens is 318 g/mol. The Morgan fingerprint density at radius 3 is 2.88 bits per heavy atom. The summed E-state index contributed by atoms with van der Waals surface area (Å²) in [4.78, 5) is 12.3. The second-order valence-electron chi connectivity index (χ2n) is 6.49. The van der Waals surface area contributed by atoms with Crippen LogP contribution < -0.4 is 14.8 Å². The van der Waals surface area contributed by atoms with Crippen molar-refractivity contribution in [2.75, 3.05) is 6.61 Å². The predicted octanol–water partition coefficient (Wildman–Crippen LogP) is 2.54. The molecule has 0 spiro atoms. The highest BCUT2D eigenvalue weighted by molar-refractivity contribution is 5.75. The molecule has 0 bridgehead atoms. The Hall–Kier alpha value is -2.50. The summed E-state index contributed by atoms with van der Waals surface area (Å²) in [5.74, 6) is 1.62. The van der Waals surface area contributed by atoms with Crippen LogP contribution in [0.15, 0.2) is 18.2 Å². The standard InChI is InChI=1S/C19H25N3O3/c1-5-24-17-8-15-7-14(4)25-18(15)9-16(17)10-20-19(23)11-22-13(3)6-12(2)21-22/h6,8-9,14H,5,7,10-11H2,1-4H3,(H,20,23)/t14-/m1/s1. The van der Waals surface area contributed by atoms with Crippen molar-refractivity contribution in [3.8, 4) is 11.5 Å². The average Bonchev–Trinajstić information content (AvgIpc) is 3.05. The van der Waals surface area contributed by atoms with Crippen LogP contribution >= 0.6 is 0 Å². The van der Waals surface area contributed by atoms with E-state index in [9.17, 15) is 4.79 Å². The summed E-state index contributed by atoms with van der Waals surface area (Å²) in [5, 5.41) is 7.27. The van der Waals surface area contributed by atoms with E-state index in [1.165, 1.54) is 0 Å². The minimum atomic E-state index is -0.0802. The number of ether oxygens (including phenoxy) is 2. The highest BCUT2D eigenvalue weighted by Gasteiger charge is 2.22. The number of carbonyl (C=O) groups excluding carboxylic acids is 1.